The SMILES string of the molecule is CCN1CCN(CCOc2ccc(C=C(C#N)C#N)cc2)CC1. The quantitative estimate of drug-likeness (QED) is 0.753. The number of ether oxygens (including phenoxy) is 1. The lowest BCUT2D eigenvalue weighted by atomic mass is 10.1. The molecule has 0 radical (unpaired) electrons. The van der Waals surface area contributed by atoms with Crippen molar-refractivity contribution in [1.82, 2.24) is 9.80 Å². The lowest BCUT2D eigenvalue weighted by molar-refractivity contribution is 0.121. The number of hydrogen-bond acceptors (Lipinski definition) is 5. The number of benzene rings is 1. The van der Waals surface area contributed by atoms with Gasteiger partial charge in [-0.3, -0.25) is 4.90 Å². The monoisotopic (exact) mass is 310 g/mol. The van der Waals surface area contributed by atoms with Crippen LogP contribution in [0.4, 0.5) is 0 Å². The first-order chi connectivity index (χ1) is 11.2. The molecule has 0 aromatic heterocycles. The van der Waals surface area contributed by atoms with Crippen LogP contribution in [0.2, 0.25) is 0 Å². The highest BCUT2D eigenvalue weighted by molar-refractivity contribution is 5.62. The molecule has 1 fully saturated rings. The summed E-state index contributed by atoms with van der Waals surface area (Å²) in [5, 5.41) is 17.5. The molecule has 0 amide bonds. The third-order valence-corrected chi connectivity index (χ3v) is 4.02. The molecule has 1 saturated heterocycles. The Hall–Kier alpha value is -2.34. The largest absolute Gasteiger partial charge is 0.492 e. The van der Waals surface area contributed by atoms with Crippen molar-refractivity contribution in [2.45, 2.75) is 6.92 Å². The molecular weight excluding hydrogens is 288 g/mol. The first-order valence-electron chi connectivity index (χ1n) is 7.94. The van der Waals surface area contributed by atoms with Crippen LogP contribution in [-0.2, 0) is 0 Å². The van der Waals surface area contributed by atoms with E-state index in [1.54, 1.807) is 6.08 Å². The molecule has 23 heavy (non-hydrogen) atoms. The van der Waals surface area contributed by atoms with Gasteiger partial charge in [-0.25, -0.2) is 0 Å². The summed E-state index contributed by atoms with van der Waals surface area (Å²) in [6.07, 6.45) is 1.57. The first kappa shape index (κ1) is 17.0. The zero-order chi connectivity index (χ0) is 16.5. The van der Waals surface area contributed by atoms with Crippen molar-refractivity contribution >= 4 is 6.08 Å². The highest BCUT2D eigenvalue weighted by atomic mass is 16.5. The van der Waals surface area contributed by atoms with Crippen LogP contribution in [0.3, 0.4) is 0 Å². The van der Waals surface area contributed by atoms with Crippen LogP contribution in [0.25, 0.3) is 6.08 Å². The zero-order valence-corrected chi connectivity index (χ0v) is 13.5. The minimum atomic E-state index is 0.102. The van der Waals surface area contributed by atoms with Crippen molar-refractivity contribution < 1.29 is 4.74 Å². The van der Waals surface area contributed by atoms with E-state index in [4.69, 9.17) is 15.3 Å². The van der Waals surface area contributed by atoms with E-state index in [0.29, 0.717) is 6.61 Å². The Labute approximate surface area is 138 Å². The van der Waals surface area contributed by atoms with Crippen LogP contribution in [0, 0.1) is 22.7 Å². The van der Waals surface area contributed by atoms with Gasteiger partial charge < -0.3 is 9.64 Å². The number of nitrogens with zero attached hydrogens (tertiary/aromatic N) is 4. The van der Waals surface area contributed by atoms with Gasteiger partial charge in [-0.2, -0.15) is 10.5 Å². The van der Waals surface area contributed by atoms with Gasteiger partial charge in [0.1, 0.15) is 30.1 Å². The summed E-state index contributed by atoms with van der Waals surface area (Å²) < 4.78 is 5.77. The number of nitriles is 2. The Balaban J connectivity index is 1.76. The second-order valence-electron chi connectivity index (χ2n) is 5.48. The maximum absolute atomic E-state index is 8.74. The number of likely N-dealkylation sites (N-methyl/N-ethyl adjacent to an activating group) is 1. The summed E-state index contributed by atoms with van der Waals surface area (Å²) in [4.78, 5) is 4.88. The Bertz CT molecular complexity index is 585. The molecule has 1 aliphatic rings. The van der Waals surface area contributed by atoms with Crippen LogP contribution >= 0.6 is 0 Å². The molecular formula is C18H22N4O. The Kier molecular flexibility index (Phi) is 6.62. The Morgan fingerprint density at radius 2 is 1.70 bits per heavy atom. The van der Waals surface area contributed by atoms with E-state index in [-0.39, 0.29) is 5.57 Å². The van der Waals surface area contributed by atoms with Crippen LogP contribution in [0.5, 0.6) is 5.75 Å². The van der Waals surface area contributed by atoms with E-state index in [1.165, 1.54) is 0 Å². The van der Waals surface area contributed by atoms with Gasteiger partial charge in [0, 0.05) is 32.7 Å². The molecule has 0 unspecified atom stereocenters. The average molecular weight is 310 g/mol. The molecule has 0 saturated carbocycles. The normalized spacial score (nSPS) is 15.4. The summed E-state index contributed by atoms with van der Waals surface area (Å²) in [5.41, 5.74) is 0.927. The second-order valence-corrected chi connectivity index (χ2v) is 5.48. The average Bonchev–Trinajstić information content (AvgIpc) is 2.61. The summed E-state index contributed by atoms with van der Waals surface area (Å²) in [7, 11) is 0. The predicted molar refractivity (Wildman–Crippen MR) is 89.7 cm³/mol. The van der Waals surface area contributed by atoms with Crippen molar-refractivity contribution in [2.75, 3.05) is 45.9 Å². The number of rotatable bonds is 6. The third-order valence-electron chi connectivity index (χ3n) is 4.02. The lowest BCUT2D eigenvalue weighted by Crippen LogP contribution is -2.47. The molecule has 1 aromatic carbocycles. The second kappa shape index (κ2) is 8.95. The topological polar surface area (TPSA) is 63.3 Å². The molecule has 2 rings (SSSR count). The van der Waals surface area contributed by atoms with Gasteiger partial charge in [-0.05, 0) is 30.3 Å². The van der Waals surface area contributed by atoms with Crippen molar-refractivity contribution in [2.24, 2.45) is 0 Å². The van der Waals surface area contributed by atoms with Crippen LogP contribution in [0.15, 0.2) is 29.8 Å². The number of hydrogen-bond donors (Lipinski definition) is 0. The molecule has 0 aliphatic carbocycles. The molecule has 0 bridgehead atoms. The van der Waals surface area contributed by atoms with Gasteiger partial charge in [0.15, 0.2) is 0 Å². The third kappa shape index (κ3) is 5.41. The van der Waals surface area contributed by atoms with E-state index in [1.807, 2.05) is 36.4 Å². The van der Waals surface area contributed by atoms with Crippen LogP contribution in [0.1, 0.15) is 12.5 Å². The molecule has 1 aromatic rings. The highest BCUT2D eigenvalue weighted by Gasteiger charge is 2.14. The Morgan fingerprint density at radius 3 is 2.26 bits per heavy atom. The Morgan fingerprint density at radius 1 is 1.09 bits per heavy atom. The summed E-state index contributed by atoms with van der Waals surface area (Å²) >= 11 is 0. The number of allylic oxidation sites excluding steroid dienone is 1. The molecule has 0 N–H and O–H groups in total. The van der Waals surface area contributed by atoms with Crippen LogP contribution in [-0.4, -0.2) is 55.7 Å². The van der Waals surface area contributed by atoms with Crippen LogP contribution < -0.4 is 4.74 Å². The van der Waals surface area contributed by atoms with Gasteiger partial charge >= 0.3 is 0 Å². The minimum Gasteiger partial charge on any atom is -0.492 e. The van der Waals surface area contributed by atoms with E-state index in [2.05, 4.69) is 16.7 Å². The number of piperazine rings is 1. The molecule has 0 atom stereocenters. The molecule has 5 heteroatoms. The summed E-state index contributed by atoms with van der Waals surface area (Å²) in [6, 6.07) is 11.1. The molecule has 5 nitrogen and oxygen atoms in total. The predicted octanol–water partition coefficient (Wildman–Crippen LogP) is 2.13. The van der Waals surface area contributed by atoms with Crippen molar-refractivity contribution in [3.8, 4) is 17.9 Å². The zero-order valence-electron chi connectivity index (χ0n) is 13.5. The summed E-state index contributed by atoms with van der Waals surface area (Å²) in [5.74, 6) is 0.810. The molecule has 120 valence electrons. The fourth-order valence-corrected chi connectivity index (χ4v) is 2.54. The van der Waals surface area contributed by atoms with Gasteiger partial charge in [-0.15, -0.1) is 0 Å². The van der Waals surface area contributed by atoms with Crippen molar-refractivity contribution in [1.29, 1.82) is 10.5 Å². The lowest BCUT2D eigenvalue weighted by Gasteiger charge is -2.33. The van der Waals surface area contributed by atoms with Crippen molar-refractivity contribution in [3.63, 3.8) is 0 Å². The minimum absolute atomic E-state index is 0.102. The molecule has 1 heterocycles. The van der Waals surface area contributed by atoms with E-state index in [9.17, 15) is 0 Å². The van der Waals surface area contributed by atoms with E-state index < -0.39 is 0 Å². The fraction of sp³-hybridized carbons (Fsp3) is 0.444. The van der Waals surface area contributed by atoms with Gasteiger partial charge in [0.25, 0.3) is 0 Å². The first-order valence-corrected chi connectivity index (χ1v) is 7.94. The van der Waals surface area contributed by atoms with E-state index in [0.717, 1.165) is 50.6 Å². The van der Waals surface area contributed by atoms with Gasteiger partial charge in [-0.1, -0.05) is 19.1 Å². The van der Waals surface area contributed by atoms with E-state index >= 15 is 0 Å². The summed E-state index contributed by atoms with van der Waals surface area (Å²) in [6.45, 7) is 9.42. The standard InChI is InChI=1S/C18H22N4O/c1-2-21-7-9-22(10-8-21)11-12-23-18-5-3-16(4-6-18)13-17(14-19)15-20/h3-6,13H,2,7-12H2,1H3. The maximum atomic E-state index is 8.74. The van der Waals surface area contributed by atoms with Crippen molar-refractivity contribution in [3.05, 3.63) is 35.4 Å². The fourth-order valence-electron chi connectivity index (χ4n) is 2.54. The van der Waals surface area contributed by atoms with Gasteiger partial charge in [0.2, 0.25) is 0 Å². The highest BCUT2D eigenvalue weighted by Crippen LogP contribution is 2.14. The van der Waals surface area contributed by atoms with Gasteiger partial charge in [0.05, 0.1) is 0 Å². The molecule has 0 spiro atoms. The maximum Gasteiger partial charge on any atom is 0.130 e. The smallest absolute Gasteiger partial charge is 0.130 e. The molecule has 1 aliphatic heterocycles.